The molecular weight excluding hydrogens is 869 g/mol. The molecule has 0 saturated heterocycles. The van der Waals surface area contributed by atoms with Crippen LogP contribution < -0.4 is 0 Å². The fourth-order valence-electron chi connectivity index (χ4n) is 11.3. The highest BCUT2D eigenvalue weighted by Gasteiger charge is 2.33. The van der Waals surface area contributed by atoms with Gasteiger partial charge >= 0.3 is 0 Å². The maximum Gasteiger partial charge on any atom is 0.220 e. The number of nitrogens with zero attached hydrogens (tertiary/aromatic N) is 6. The number of thiophene rings is 2. The van der Waals surface area contributed by atoms with E-state index in [1.165, 1.54) is 30.3 Å². The number of aromatic nitrogens is 4. The lowest BCUT2D eigenvalue weighted by Crippen LogP contribution is -2.08. The summed E-state index contributed by atoms with van der Waals surface area (Å²) in [6.45, 7) is 9.33. The Bertz CT molecular complexity index is 4670. The molecule has 0 fully saturated rings. The van der Waals surface area contributed by atoms with Crippen LogP contribution in [-0.2, 0) is 0 Å². The third-order valence-electron chi connectivity index (χ3n) is 14.0. The first-order chi connectivity index (χ1) is 33.7. The summed E-state index contributed by atoms with van der Waals surface area (Å²) in [5.41, 5.74) is 10.9. The molecule has 8 heteroatoms. The molecule has 0 radical (unpaired) electrons. The molecule has 312 valence electrons. The van der Waals surface area contributed by atoms with Crippen LogP contribution in [0.1, 0.15) is 5.56 Å². The van der Waals surface area contributed by atoms with Crippen molar-refractivity contribution in [2.75, 3.05) is 0 Å². The number of fused-ring (bicyclic) bond motifs is 13. The Morgan fingerprint density at radius 3 is 1.69 bits per heavy atom. The molecule has 5 aromatic heterocycles. The zero-order valence-electron chi connectivity index (χ0n) is 35.8. The number of benzene rings is 10. The second-order valence-corrected chi connectivity index (χ2v) is 19.5. The van der Waals surface area contributed by atoms with Crippen molar-refractivity contribution in [3.63, 3.8) is 0 Å². The highest BCUT2D eigenvalue weighted by atomic mass is 32.1. The highest BCUT2D eigenvalue weighted by molar-refractivity contribution is 7.27. The monoisotopic (exact) mass is 898 g/mol. The smallest absolute Gasteiger partial charge is 0.220 e. The van der Waals surface area contributed by atoms with Gasteiger partial charge in [-0.05, 0) is 47.5 Å². The standard InChI is InChI=1S/C60H30N6S2/c1-62-56-50(33-14-4-2-5-15-33)43(32-61)57(51(34-16-6-3-7-17-34)59(56)65-44-22-12-20-39-52(44)53-40(21-13-23-45(53)65)55-54(39)63-28-29-64-55)66-46-30-42-36-19-9-10-24-47(36)67-49(42)31-41(46)37-26-27-38-35-18-8-11-25-48(35)68-60(38)58(37)66/h2-31H. The van der Waals surface area contributed by atoms with Crippen LogP contribution in [0.25, 0.3) is 144 Å². The molecule has 0 aliphatic carbocycles. The third kappa shape index (κ3) is 4.82. The molecule has 15 rings (SSSR count). The molecular formula is C60H30N6S2. The van der Waals surface area contributed by atoms with Crippen molar-refractivity contribution in [1.82, 2.24) is 19.1 Å². The Morgan fingerprint density at radius 2 is 1.04 bits per heavy atom. The third-order valence-corrected chi connectivity index (χ3v) is 16.3. The van der Waals surface area contributed by atoms with Gasteiger partial charge in [0.1, 0.15) is 6.07 Å². The van der Waals surface area contributed by atoms with Crippen molar-refractivity contribution in [2.45, 2.75) is 0 Å². The van der Waals surface area contributed by atoms with Gasteiger partial charge in [0.2, 0.25) is 5.69 Å². The summed E-state index contributed by atoms with van der Waals surface area (Å²) < 4.78 is 9.46. The van der Waals surface area contributed by atoms with Crippen LogP contribution in [0.3, 0.4) is 0 Å². The van der Waals surface area contributed by atoms with Crippen LogP contribution in [0.15, 0.2) is 182 Å². The first-order valence-corrected chi connectivity index (χ1v) is 24.0. The minimum atomic E-state index is 0.400. The molecule has 0 amide bonds. The van der Waals surface area contributed by atoms with Crippen LogP contribution in [0.2, 0.25) is 0 Å². The van der Waals surface area contributed by atoms with E-state index >= 15 is 0 Å². The SMILES string of the molecule is [C-]#[N+]c1c(-c2ccccc2)c(C#N)c(-n2c3cc4c(cc3c3ccc5c6ccccc6sc5c32)sc2ccccc24)c(-c2ccccc2)c1-n1c2cccc3c4nccnc4c4cccc1c4c32. The van der Waals surface area contributed by atoms with Gasteiger partial charge in [-0.2, -0.15) is 5.26 Å². The molecule has 0 bridgehead atoms. The lowest BCUT2D eigenvalue weighted by molar-refractivity contribution is 1.14. The molecule has 68 heavy (non-hydrogen) atoms. The van der Waals surface area contributed by atoms with Crippen molar-refractivity contribution in [2.24, 2.45) is 0 Å². The van der Waals surface area contributed by atoms with Gasteiger partial charge in [0.15, 0.2) is 0 Å². The van der Waals surface area contributed by atoms with Crippen LogP contribution in [0.5, 0.6) is 0 Å². The lowest BCUT2D eigenvalue weighted by Gasteiger charge is -2.26. The summed E-state index contributed by atoms with van der Waals surface area (Å²) in [4.78, 5) is 14.4. The fourth-order valence-corrected chi connectivity index (χ4v) is 13.7. The average Bonchev–Trinajstić information content (AvgIpc) is 4.15. The largest absolute Gasteiger partial charge is 0.318 e. The summed E-state index contributed by atoms with van der Waals surface area (Å²) in [5.74, 6) is 0. The van der Waals surface area contributed by atoms with Crippen LogP contribution in [0, 0.1) is 17.9 Å². The lowest BCUT2D eigenvalue weighted by atomic mass is 9.88. The van der Waals surface area contributed by atoms with Gasteiger partial charge in [-0.25, -0.2) is 4.85 Å². The van der Waals surface area contributed by atoms with Gasteiger partial charge in [0.05, 0.1) is 61.3 Å². The van der Waals surface area contributed by atoms with E-state index in [1.54, 1.807) is 23.7 Å². The van der Waals surface area contributed by atoms with E-state index in [0.717, 1.165) is 97.9 Å². The topological polar surface area (TPSA) is 63.8 Å². The minimum Gasteiger partial charge on any atom is -0.318 e. The molecule has 6 nitrogen and oxygen atoms in total. The Morgan fingerprint density at radius 1 is 0.471 bits per heavy atom. The minimum absolute atomic E-state index is 0.400. The number of hydrogen-bond acceptors (Lipinski definition) is 5. The number of hydrogen-bond donors (Lipinski definition) is 0. The Kier molecular flexibility index (Phi) is 7.58. The molecule has 0 aliphatic heterocycles. The van der Waals surface area contributed by atoms with Crippen LogP contribution in [0.4, 0.5) is 5.69 Å². The van der Waals surface area contributed by atoms with Crippen molar-refractivity contribution in [1.29, 1.82) is 5.26 Å². The van der Waals surface area contributed by atoms with Crippen LogP contribution >= 0.6 is 22.7 Å². The van der Waals surface area contributed by atoms with E-state index in [9.17, 15) is 11.8 Å². The zero-order valence-corrected chi connectivity index (χ0v) is 37.5. The van der Waals surface area contributed by atoms with Gasteiger partial charge in [-0.3, -0.25) is 9.97 Å². The highest BCUT2D eigenvalue weighted by Crippen LogP contribution is 2.55. The van der Waals surface area contributed by atoms with E-state index < -0.39 is 0 Å². The predicted molar refractivity (Wildman–Crippen MR) is 285 cm³/mol. The Labute approximate surface area is 395 Å². The second kappa shape index (κ2) is 13.8. The summed E-state index contributed by atoms with van der Waals surface area (Å²) in [5, 5.41) is 23.1. The summed E-state index contributed by atoms with van der Waals surface area (Å²) in [6.07, 6.45) is 3.52. The first-order valence-electron chi connectivity index (χ1n) is 22.4. The van der Waals surface area contributed by atoms with Crippen LogP contribution in [-0.4, -0.2) is 19.1 Å². The quantitative estimate of drug-likeness (QED) is 0.131. The molecule has 0 N–H and O–H groups in total. The molecule has 0 aliphatic rings. The molecule has 10 aromatic carbocycles. The van der Waals surface area contributed by atoms with Crippen molar-refractivity contribution < 1.29 is 0 Å². The van der Waals surface area contributed by atoms with E-state index in [1.807, 2.05) is 47.7 Å². The zero-order chi connectivity index (χ0) is 44.8. The van der Waals surface area contributed by atoms with Crippen molar-refractivity contribution in [3.8, 4) is 39.7 Å². The van der Waals surface area contributed by atoms with Crippen molar-refractivity contribution in [3.05, 3.63) is 199 Å². The van der Waals surface area contributed by atoms with Gasteiger partial charge in [0, 0.05) is 91.5 Å². The fraction of sp³-hybridized carbons (Fsp3) is 0. The van der Waals surface area contributed by atoms with E-state index in [0.29, 0.717) is 22.5 Å². The first kappa shape index (κ1) is 37.3. The summed E-state index contributed by atoms with van der Waals surface area (Å²) in [6, 6.07) is 62.5. The van der Waals surface area contributed by atoms with E-state index in [-0.39, 0.29) is 0 Å². The summed E-state index contributed by atoms with van der Waals surface area (Å²) >= 11 is 3.60. The molecule has 0 unspecified atom stereocenters. The molecule has 15 aromatic rings. The van der Waals surface area contributed by atoms with E-state index in [4.69, 9.17) is 9.97 Å². The van der Waals surface area contributed by atoms with Gasteiger partial charge in [-0.15, -0.1) is 22.7 Å². The maximum absolute atomic E-state index is 12.1. The molecule has 0 saturated carbocycles. The number of nitriles is 1. The van der Waals surface area contributed by atoms with Gasteiger partial charge < -0.3 is 9.13 Å². The predicted octanol–water partition coefficient (Wildman–Crippen LogP) is 16.9. The Balaban J connectivity index is 1.25. The second-order valence-electron chi connectivity index (χ2n) is 17.4. The molecule has 5 heterocycles. The maximum atomic E-state index is 12.1. The molecule has 0 atom stereocenters. The van der Waals surface area contributed by atoms with Gasteiger partial charge in [-0.1, -0.05) is 133 Å². The molecule has 0 spiro atoms. The summed E-state index contributed by atoms with van der Waals surface area (Å²) in [7, 11) is 0. The van der Waals surface area contributed by atoms with Gasteiger partial charge in [0.25, 0.3) is 0 Å². The van der Waals surface area contributed by atoms with E-state index in [2.05, 4.69) is 154 Å². The van der Waals surface area contributed by atoms with Crippen molar-refractivity contribution >= 4 is 134 Å². The normalized spacial score (nSPS) is 12.1. The average molecular weight is 899 g/mol. The number of rotatable bonds is 4. The Hall–Kier alpha value is -8.92.